The van der Waals surface area contributed by atoms with Crippen LogP contribution in [0.4, 0.5) is 0 Å². The van der Waals surface area contributed by atoms with Crippen molar-refractivity contribution in [3.05, 3.63) is 35.0 Å². The first-order chi connectivity index (χ1) is 8.56. The molecule has 0 bridgehead atoms. The molecule has 0 nitrogen and oxygen atoms in total. The summed E-state index contributed by atoms with van der Waals surface area (Å²) in [5.41, 5.74) is 3.48. The first kappa shape index (κ1) is 14.1. The Bertz CT molecular complexity index is 492. The van der Waals surface area contributed by atoms with Crippen LogP contribution >= 0.6 is 22.7 Å². The van der Waals surface area contributed by atoms with E-state index in [1.807, 2.05) is 22.7 Å². The van der Waals surface area contributed by atoms with Crippen LogP contribution in [0.25, 0.3) is 0 Å². The van der Waals surface area contributed by atoms with Crippen molar-refractivity contribution in [1.29, 1.82) is 0 Å². The van der Waals surface area contributed by atoms with Gasteiger partial charge in [-0.1, -0.05) is 0 Å². The Morgan fingerprint density at radius 2 is 1.61 bits per heavy atom. The van der Waals surface area contributed by atoms with Crippen LogP contribution in [0.2, 0.25) is 25.0 Å². The van der Waals surface area contributed by atoms with Gasteiger partial charge in [0.25, 0.3) is 0 Å². The summed E-state index contributed by atoms with van der Waals surface area (Å²) in [7, 11) is -1.24. The molecule has 0 aliphatic heterocycles. The Labute approximate surface area is 123 Å². The zero-order valence-corrected chi connectivity index (χ0v) is 14.4. The molecule has 0 aliphatic rings. The number of hydrogen-bond donors (Lipinski definition) is 0. The van der Waals surface area contributed by atoms with E-state index < -0.39 is 8.07 Å². The minimum atomic E-state index is -1.24. The Balaban J connectivity index is 2.19. The molecule has 0 saturated heterocycles. The Hall–Kier alpha value is -0.304. The molecule has 0 atom stereocenters. The molecule has 0 saturated carbocycles. The molecule has 0 radical (unpaired) electrons. The summed E-state index contributed by atoms with van der Waals surface area (Å²) >= 11 is 3.93. The summed E-state index contributed by atoms with van der Waals surface area (Å²) in [6.07, 6.45) is 0. The summed E-state index contributed by atoms with van der Waals surface area (Å²) in [4.78, 5) is 0. The molecule has 2 aromatic heterocycles. The van der Waals surface area contributed by atoms with Crippen LogP contribution in [0, 0.1) is 11.5 Å². The zero-order valence-electron chi connectivity index (χ0n) is 10.8. The molecule has 18 heavy (non-hydrogen) atoms. The zero-order chi connectivity index (χ0) is 13.0. The van der Waals surface area contributed by atoms with Gasteiger partial charge in [0.2, 0.25) is 0 Å². The van der Waals surface area contributed by atoms with Gasteiger partial charge >= 0.3 is 124 Å². The Kier molecular flexibility index (Phi) is 4.88. The molecule has 0 amide bonds. The average Bonchev–Trinajstić information content (AvgIpc) is 2.96. The molecular formula is C14H17CuS2Si. The number of thiophene rings is 2. The summed E-state index contributed by atoms with van der Waals surface area (Å²) in [5, 5.41) is 5.29. The van der Waals surface area contributed by atoms with E-state index in [2.05, 4.69) is 66.1 Å². The fourth-order valence-electron chi connectivity index (χ4n) is 1.22. The molecule has 2 heterocycles. The third-order valence-electron chi connectivity index (χ3n) is 1.91. The van der Waals surface area contributed by atoms with Crippen LogP contribution in [0.1, 0.15) is 0 Å². The molecule has 0 N–H and O–H groups in total. The van der Waals surface area contributed by atoms with Crippen molar-refractivity contribution in [2.45, 2.75) is 25.0 Å². The van der Waals surface area contributed by atoms with Crippen LogP contribution in [-0.4, -0.2) is 8.07 Å². The molecule has 100 valence electrons. The van der Waals surface area contributed by atoms with E-state index in [1.165, 1.54) is 7.55 Å². The third-order valence-corrected chi connectivity index (χ3v) is 7.94. The second-order valence-corrected chi connectivity index (χ2v) is 14.1. The van der Waals surface area contributed by atoms with Crippen molar-refractivity contribution in [1.82, 2.24) is 0 Å². The van der Waals surface area contributed by atoms with Gasteiger partial charge in [-0.2, -0.15) is 0 Å². The summed E-state index contributed by atoms with van der Waals surface area (Å²) in [6.45, 7) is 6.90. The second-order valence-electron chi connectivity index (χ2n) is 4.71. The predicted octanol–water partition coefficient (Wildman–Crippen LogP) is 3.68. The fraction of sp³-hybridized carbons (Fsp3) is 0.286. The monoisotopic (exact) mass is 340 g/mol. The molecule has 2 aromatic rings. The average molecular weight is 341 g/mol. The van der Waals surface area contributed by atoms with Crippen LogP contribution in [-0.2, 0) is 13.9 Å². The summed E-state index contributed by atoms with van der Waals surface area (Å²) < 4.78 is 2.91. The van der Waals surface area contributed by atoms with E-state index in [9.17, 15) is 0 Å². The van der Waals surface area contributed by atoms with E-state index in [0.29, 0.717) is 0 Å². The fourth-order valence-corrected chi connectivity index (χ4v) is 6.63. The van der Waals surface area contributed by atoms with Crippen molar-refractivity contribution < 1.29 is 13.9 Å². The standard InChI is InChI=1S/C6H11Si.2C4H3S.Cu/c1-5-6-7(2,3)4;2*1-2-4-5-3-1;/h1H2,2-4H3;2*1-3H;. The molecule has 0 aliphatic carbocycles. The summed E-state index contributed by atoms with van der Waals surface area (Å²) in [5.74, 6) is 3.44. The first-order valence-electron chi connectivity index (χ1n) is 5.66. The first-order valence-corrected chi connectivity index (χ1v) is 12.5. The van der Waals surface area contributed by atoms with E-state index in [0.717, 1.165) is 5.32 Å². The molecular weight excluding hydrogens is 324 g/mol. The quantitative estimate of drug-likeness (QED) is 0.590. The molecule has 0 unspecified atom stereocenters. The maximum absolute atomic E-state index is 3.48. The maximum atomic E-state index is 3.48. The summed E-state index contributed by atoms with van der Waals surface area (Å²) in [6, 6.07) is 8.75. The van der Waals surface area contributed by atoms with Crippen LogP contribution in [0.15, 0.2) is 35.0 Å². The van der Waals surface area contributed by atoms with E-state index in [1.54, 1.807) is 0 Å². The van der Waals surface area contributed by atoms with Gasteiger partial charge in [-0.3, -0.25) is 0 Å². The van der Waals surface area contributed by atoms with E-state index in [-0.39, 0.29) is 13.9 Å². The van der Waals surface area contributed by atoms with Gasteiger partial charge in [0, 0.05) is 0 Å². The molecule has 0 fully saturated rings. The van der Waals surface area contributed by atoms with Crippen LogP contribution in [0.5, 0.6) is 0 Å². The Morgan fingerprint density at radius 1 is 1.06 bits per heavy atom. The van der Waals surface area contributed by atoms with E-state index in [4.69, 9.17) is 0 Å². The van der Waals surface area contributed by atoms with Gasteiger partial charge in [0.05, 0.1) is 0 Å². The van der Waals surface area contributed by atoms with Gasteiger partial charge in [0.15, 0.2) is 0 Å². The third kappa shape index (κ3) is 4.12. The molecule has 0 spiro atoms. The number of hydrogen-bond acceptors (Lipinski definition) is 2. The van der Waals surface area contributed by atoms with Gasteiger partial charge in [-0.05, 0) is 0 Å². The van der Waals surface area contributed by atoms with Crippen molar-refractivity contribution in [2.24, 2.45) is 0 Å². The molecule has 4 heteroatoms. The van der Waals surface area contributed by atoms with Gasteiger partial charge in [-0.25, -0.2) is 0 Å². The predicted molar refractivity (Wildman–Crippen MR) is 83.8 cm³/mol. The van der Waals surface area contributed by atoms with Crippen molar-refractivity contribution in [3.8, 4) is 11.5 Å². The van der Waals surface area contributed by atoms with Crippen LogP contribution < -0.4 is 7.55 Å². The normalized spacial score (nSPS) is 11.8. The van der Waals surface area contributed by atoms with Gasteiger partial charge in [-0.15, -0.1) is 0 Å². The Morgan fingerprint density at radius 3 is 2.00 bits per heavy atom. The van der Waals surface area contributed by atoms with Gasteiger partial charge in [0.1, 0.15) is 0 Å². The molecule has 0 aromatic carbocycles. The van der Waals surface area contributed by atoms with Crippen LogP contribution in [0.3, 0.4) is 0 Å². The van der Waals surface area contributed by atoms with Crippen molar-refractivity contribution >= 4 is 38.3 Å². The topological polar surface area (TPSA) is 0 Å². The van der Waals surface area contributed by atoms with Crippen molar-refractivity contribution in [2.75, 3.05) is 0 Å². The second kappa shape index (κ2) is 6.23. The van der Waals surface area contributed by atoms with Gasteiger partial charge < -0.3 is 0 Å². The SMILES string of the molecule is C[Si](C)(C)C#C[CH2][Cu]([c]1cccs1)[c]1cccs1. The van der Waals surface area contributed by atoms with Crippen molar-refractivity contribution in [3.63, 3.8) is 0 Å². The minimum absolute atomic E-state index is 0.238. The number of rotatable bonds is 3. The molecule has 2 rings (SSSR count). The van der Waals surface area contributed by atoms with E-state index >= 15 is 0 Å².